The number of amides is 3. The lowest BCUT2D eigenvalue weighted by molar-refractivity contribution is -0.126. The van der Waals surface area contributed by atoms with Gasteiger partial charge in [0.05, 0.1) is 17.9 Å². The lowest BCUT2D eigenvalue weighted by atomic mass is 10.2. The van der Waals surface area contributed by atoms with Crippen molar-refractivity contribution in [2.75, 3.05) is 20.2 Å². The third kappa shape index (κ3) is 3.39. The normalized spacial score (nSPS) is 15.0. The molecule has 0 saturated carbocycles. The lowest BCUT2D eigenvalue weighted by Crippen LogP contribution is -2.39. The highest BCUT2D eigenvalue weighted by Gasteiger charge is 2.31. The minimum atomic E-state index is -0.445. The largest absolute Gasteiger partial charge is 0.496 e. The van der Waals surface area contributed by atoms with Crippen molar-refractivity contribution in [2.45, 2.75) is 30.8 Å². The summed E-state index contributed by atoms with van der Waals surface area (Å²) in [4.78, 5) is 25.4. The van der Waals surface area contributed by atoms with Crippen LogP contribution >= 0.6 is 11.8 Å². The number of para-hydroxylation sites is 1. The molecule has 1 N–H and O–H groups in total. The van der Waals surface area contributed by atoms with E-state index in [-0.39, 0.29) is 11.9 Å². The van der Waals surface area contributed by atoms with Crippen molar-refractivity contribution in [2.24, 2.45) is 0 Å². The van der Waals surface area contributed by atoms with Gasteiger partial charge in [-0.1, -0.05) is 23.9 Å². The number of benzene rings is 1. The molecule has 1 unspecified atom stereocenters. The predicted octanol–water partition coefficient (Wildman–Crippen LogP) is 2.01. The van der Waals surface area contributed by atoms with Gasteiger partial charge in [0.1, 0.15) is 5.75 Å². The average molecular weight is 375 g/mol. The van der Waals surface area contributed by atoms with Gasteiger partial charge in [-0.05, 0) is 26.0 Å². The quantitative estimate of drug-likeness (QED) is 0.777. The number of thioether (sulfide) groups is 1. The number of nitrogens with zero attached hydrogens (tertiary/aromatic N) is 4. The number of methoxy groups -OCH3 is 1. The molecule has 3 amide bonds. The second-order valence-corrected chi connectivity index (χ2v) is 7.04. The van der Waals surface area contributed by atoms with Crippen LogP contribution in [0.25, 0.3) is 11.4 Å². The number of imide groups is 1. The molecule has 26 heavy (non-hydrogen) atoms. The van der Waals surface area contributed by atoms with Crippen LogP contribution in [-0.4, -0.2) is 57.1 Å². The standard InChI is InChI=1S/C17H21N5O3S/c1-4-21-14(12-7-5-6-8-13(12)25-3)19-20-17(21)26-11(2)15(23)22-10-9-18-16(22)24/h5-8,11H,4,9-10H2,1-3H3,(H,18,24). The number of rotatable bonds is 6. The maximum atomic E-state index is 12.5. The summed E-state index contributed by atoms with van der Waals surface area (Å²) in [7, 11) is 1.61. The summed E-state index contributed by atoms with van der Waals surface area (Å²) in [6.45, 7) is 5.30. The Balaban J connectivity index is 1.84. The summed E-state index contributed by atoms with van der Waals surface area (Å²) >= 11 is 1.30. The van der Waals surface area contributed by atoms with Crippen LogP contribution in [0.4, 0.5) is 4.79 Å². The molecular weight excluding hydrogens is 354 g/mol. The molecule has 1 aromatic heterocycles. The molecule has 9 heteroatoms. The van der Waals surface area contributed by atoms with Crippen molar-refractivity contribution in [1.29, 1.82) is 0 Å². The zero-order valence-electron chi connectivity index (χ0n) is 14.9. The Labute approximate surface area is 155 Å². The molecule has 1 saturated heterocycles. The minimum absolute atomic E-state index is 0.227. The summed E-state index contributed by atoms with van der Waals surface area (Å²) in [5, 5.41) is 11.4. The van der Waals surface area contributed by atoms with Gasteiger partial charge < -0.3 is 14.6 Å². The van der Waals surface area contributed by atoms with Crippen molar-refractivity contribution in [1.82, 2.24) is 25.0 Å². The zero-order valence-corrected chi connectivity index (χ0v) is 15.7. The van der Waals surface area contributed by atoms with E-state index >= 15 is 0 Å². The van der Waals surface area contributed by atoms with Crippen LogP contribution in [0.2, 0.25) is 0 Å². The maximum Gasteiger partial charge on any atom is 0.324 e. The smallest absolute Gasteiger partial charge is 0.324 e. The summed E-state index contributed by atoms with van der Waals surface area (Å²) in [5.41, 5.74) is 0.842. The molecule has 0 bridgehead atoms. The van der Waals surface area contributed by atoms with Gasteiger partial charge in [-0.25, -0.2) is 4.79 Å². The fourth-order valence-corrected chi connectivity index (χ4v) is 3.77. The Morgan fingerprint density at radius 2 is 2.15 bits per heavy atom. The summed E-state index contributed by atoms with van der Waals surface area (Å²) in [6, 6.07) is 7.26. The number of hydrogen-bond acceptors (Lipinski definition) is 6. The molecule has 1 fully saturated rings. The Morgan fingerprint density at radius 3 is 2.81 bits per heavy atom. The fraction of sp³-hybridized carbons (Fsp3) is 0.412. The van der Waals surface area contributed by atoms with E-state index in [0.29, 0.717) is 36.4 Å². The molecule has 2 aromatic rings. The molecule has 8 nitrogen and oxygen atoms in total. The summed E-state index contributed by atoms with van der Waals surface area (Å²) in [6.07, 6.45) is 0. The fourth-order valence-electron chi connectivity index (χ4n) is 2.80. The van der Waals surface area contributed by atoms with Gasteiger partial charge in [-0.15, -0.1) is 10.2 Å². The van der Waals surface area contributed by atoms with Gasteiger partial charge in [0.15, 0.2) is 11.0 Å². The van der Waals surface area contributed by atoms with E-state index in [1.165, 1.54) is 16.7 Å². The molecule has 1 atom stereocenters. The highest BCUT2D eigenvalue weighted by molar-refractivity contribution is 8.00. The summed E-state index contributed by atoms with van der Waals surface area (Å²) in [5.74, 6) is 1.17. The van der Waals surface area contributed by atoms with Crippen LogP contribution in [0, 0.1) is 0 Å². The van der Waals surface area contributed by atoms with E-state index in [9.17, 15) is 9.59 Å². The molecule has 1 aliphatic heterocycles. The number of carbonyl (C=O) groups is 2. The highest BCUT2D eigenvalue weighted by atomic mass is 32.2. The van der Waals surface area contributed by atoms with Gasteiger partial charge in [-0.3, -0.25) is 9.69 Å². The van der Waals surface area contributed by atoms with Crippen LogP contribution in [0.15, 0.2) is 29.4 Å². The molecular formula is C17H21N5O3S. The van der Waals surface area contributed by atoms with E-state index < -0.39 is 5.25 Å². The Hall–Kier alpha value is -2.55. The first-order chi connectivity index (χ1) is 12.6. The number of ether oxygens (including phenoxy) is 1. The van der Waals surface area contributed by atoms with Gasteiger partial charge in [0, 0.05) is 19.6 Å². The molecule has 138 valence electrons. The molecule has 3 rings (SSSR count). The Kier molecular flexibility index (Phi) is 5.46. The minimum Gasteiger partial charge on any atom is -0.496 e. The molecule has 0 spiro atoms. The number of hydrogen-bond donors (Lipinski definition) is 1. The van der Waals surface area contributed by atoms with Crippen LogP contribution in [0.5, 0.6) is 5.75 Å². The van der Waals surface area contributed by atoms with Crippen LogP contribution in [0.1, 0.15) is 13.8 Å². The second-order valence-electron chi connectivity index (χ2n) is 5.73. The molecule has 2 heterocycles. The molecule has 0 radical (unpaired) electrons. The van der Waals surface area contributed by atoms with Crippen LogP contribution < -0.4 is 10.1 Å². The summed E-state index contributed by atoms with van der Waals surface area (Å²) < 4.78 is 7.35. The molecule has 1 aromatic carbocycles. The molecule has 1 aliphatic rings. The zero-order chi connectivity index (χ0) is 18.7. The van der Waals surface area contributed by atoms with Gasteiger partial charge >= 0.3 is 6.03 Å². The lowest BCUT2D eigenvalue weighted by Gasteiger charge is -2.17. The third-order valence-corrected chi connectivity index (χ3v) is 5.20. The van der Waals surface area contributed by atoms with Crippen molar-refractivity contribution < 1.29 is 14.3 Å². The first kappa shape index (κ1) is 18.2. The predicted molar refractivity (Wildman–Crippen MR) is 98.1 cm³/mol. The topological polar surface area (TPSA) is 89.4 Å². The van der Waals surface area contributed by atoms with Crippen molar-refractivity contribution in [3.63, 3.8) is 0 Å². The van der Waals surface area contributed by atoms with Crippen LogP contribution in [-0.2, 0) is 11.3 Å². The van der Waals surface area contributed by atoms with Crippen LogP contribution in [0.3, 0.4) is 0 Å². The van der Waals surface area contributed by atoms with Gasteiger partial charge in [-0.2, -0.15) is 0 Å². The van der Waals surface area contributed by atoms with Gasteiger partial charge in [0.25, 0.3) is 0 Å². The van der Waals surface area contributed by atoms with E-state index in [1.54, 1.807) is 14.0 Å². The Morgan fingerprint density at radius 1 is 1.38 bits per heavy atom. The number of urea groups is 1. The molecule has 0 aliphatic carbocycles. The number of carbonyl (C=O) groups excluding carboxylic acids is 2. The number of aromatic nitrogens is 3. The second kappa shape index (κ2) is 7.77. The monoisotopic (exact) mass is 375 g/mol. The van der Waals surface area contributed by atoms with Crippen molar-refractivity contribution in [3.8, 4) is 17.1 Å². The SMILES string of the molecule is CCn1c(SC(C)C(=O)N2CCNC2=O)nnc1-c1ccccc1OC. The third-order valence-electron chi connectivity index (χ3n) is 4.13. The maximum absolute atomic E-state index is 12.5. The number of nitrogens with one attached hydrogen (secondary N) is 1. The van der Waals surface area contributed by atoms with Crippen molar-refractivity contribution in [3.05, 3.63) is 24.3 Å². The van der Waals surface area contributed by atoms with E-state index in [0.717, 1.165) is 5.56 Å². The van der Waals surface area contributed by atoms with E-state index in [2.05, 4.69) is 15.5 Å². The highest BCUT2D eigenvalue weighted by Crippen LogP contribution is 2.32. The van der Waals surface area contributed by atoms with E-state index in [4.69, 9.17) is 4.74 Å². The Bertz CT molecular complexity index is 822. The van der Waals surface area contributed by atoms with E-state index in [1.807, 2.05) is 35.8 Å². The first-order valence-corrected chi connectivity index (χ1v) is 9.27. The first-order valence-electron chi connectivity index (χ1n) is 8.39. The van der Waals surface area contributed by atoms with Crippen molar-refractivity contribution >= 4 is 23.7 Å². The average Bonchev–Trinajstić information content (AvgIpc) is 3.26. The van der Waals surface area contributed by atoms with Gasteiger partial charge in [0.2, 0.25) is 5.91 Å².